The number of nitrogens with one attached hydrogen (secondary N) is 2. The molecule has 4 rings (SSSR count). The summed E-state index contributed by atoms with van der Waals surface area (Å²) in [7, 11) is 4.14. The average Bonchev–Trinajstić information content (AvgIpc) is 2.87. The summed E-state index contributed by atoms with van der Waals surface area (Å²) in [4.78, 5) is 32.5. The fourth-order valence-electron chi connectivity index (χ4n) is 3.45. The standard InChI is InChI=1S/C27H29N7O/c1-18(34(3)4)14-20-7-9-23(10-8-20)31-26(35)22-15-25(19(2)30-17-22)33-27-29-13-11-24(32-27)21-6-5-12-28-16-21/h5-13,15-18H,14H2,1-4H3,(H,31,35)(H,29,32,33). The number of aromatic nitrogens is 4. The SMILES string of the molecule is Cc1ncc(C(=O)Nc2ccc(CC(C)N(C)C)cc2)cc1Nc1nccc(-c2cccnc2)n1. The minimum atomic E-state index is -0.236. The highest BCUT2D eigenvalue weighted by atomic mass is 16.1. The molecule has 0 aliphatic heterocycles. The van der Waals surface area contributed by atoms with E-state index in [4.69, 9.17) is 0 Å². The summed E-state index contributed by atoms with van der Waals surface area (Å²) in [6.07, 6.45) is 7.66. The smallest absolute Gasteiger partial charge is 0.257 e. The Morgan fingerprint density at radius 1 is 1.03 bits per heavy atom. The molecule has 0 bridgehead atoms. The van der Waals surface area contributed by atoms with Crippen molar-refractivity contribution in [1.82, 2.24) is 24.8 Å². The molecule has 0 spiro atoms. The highest BCUT2D eigenvalue weighted by Crippen LogP contribution is 2.22. The molecule has 0 aliphatic carbocycles. The van der Waals surface area contributed by atoms with Gasteiger partial charge in [-0.1, -0.05) is 12.1 Å². The lowest BCUT2D eigenvalue weighted by Gasteiger charge is -2.19. The molecule has 2 N–H and O–H groups in total. The van der Waals surface area contributed by atoms with Crippen molar-refractivity contribution in [3.63, 3.8) is 0 Å². The first-order valence-corrected chi connectivity index (χ1v) is 11.4. The van der Waals surface area contributed by atoms with Gasteiger partial charge in [-0.15, -0.1) is 0 Å². The van der Waals surface area contributed by atoms with E-state index in [1.165, 1.54) is 5.56 Å². The predicted molar refractivity (Wildman–Crippen MR) is 139 cm³/mol. The molecule has 0 saturated carbocycles. The van der Waals surface area contributed by atoms with Gasteiger partial charge in [0.05, 0.1) is 22.6 Å². The second kappa shape index (κ2) is 10.8. The fourth-order valence-corrected chi connectivity index (χ4v) is 3.45. The van der Waals surface area contributed by atoms with Crippen LogP contribution in [0.2, 0.25) is 0 Å². The number of hydrogen-bond donors (Lipinski definition) is 2. The van der Waals surface area contributed by atoms with E-state index in [0.29, 0.717) is 23.2 Å². The number of amides is 1. The van der Waals surface area contributed by atoms with E-state index in [1.807, 2.05) is 49.4 Å². The molecular formula is C27H29N7O. The van der Waals surface area contributed by atoms with Gasteiger partial charge in [-0.3, -0.25) is 14.8 Å². The van der Waals surface area contributed by atoms with Gasteiger partial charge in [0.1, 0.15) is 0 Å². The zero-order chi connectivity index (χ0) is 24.8. The van der Waals surface area contributed by atoms with Gasteiger partial charge in [0.25, 0.3) is 5.91 Å². The van der Waals surface area contributed by atoms with Crippen molar-refractivity contribution in [2.45, 2.75) is 26.3 Å². The molecule has 8 nitrogen and oxygen atoms in total. The van der Waals surface area contributed by atoms with Crippen molar-refractivity contribution in [3.05, 3.63) is 90.1 Å². The Morgan fingerprint density at radius 2 is 1.83 bits per heavy atom. The number of nitrogens with zero attached hydrogens (tertiary/aromatic N) is 5. The Bertz CT molecular complexity index is 1290. The maximum absolute atomic E-state index is 12.9. The Kier molecular flexibility index (Phi) is 7.42. The maximum atomic E-state index is 12.9. The van der Waals surface area contributed by atoms with E-state index in [1.54, 1.807) is 30.9 Å². The second-order valence-electron chi connectivity index (χ2n) is 8.66. The van der Waals surface area contributed by atoms with E-state index in [9.17, 15) is 4.79 Å². The molecule has 8 heteroatoms. The fraction of sp³-hybridized carbons (Fsp3) is 0.222. The number of carbonyl (C=O) groups excluding carboxylic acids is 1. The number of pyridine rings is 2. The van der Waals surface area contributed by atoms with Gasteiger partial charge in [0.15, 0.2) is 0 Å². The van der Waals surface area contributed by atoms with E-state index >= 15 is 0 Å². The summed E-state index contributed by atoms with van der Waals surface area (Å²) >= 11 is 0. The van der Waals surface area contributed by atoms with E-state index in [-0.39, 0.29) is 5.91 Å². The number of aryl methyl sites for hydroxylation is 1. The van der Waals surface area contributed by atoms with Gasteiger partial charge < -0.3 is 15.5 Å². The van der Waals surface area contributed by atoms with Crippen molar-refractivity contribution < 1.29 is 4.79 Å². The molecule has 1 amide bonds. The zero-order valence-electron chi connectivity index (χ0n) is 20.4. The Labute approximate surface area is 205 Å². The predicted octanol–water partition coefficient (Wildman–Crippen LogP) is 4.73. The molecular weight excluding hydrogens is 438 g/mol. The number of likely N-dealkylation sites (N-methyl/N-ethyl adjacent to an activating group) is 1. The van der Waals surface area contributed by atoms with Gasteiger partial charge in [-0.05, 0) is 76.3 Å². The van der Waals surface area contributed by atoms with Crippen LogP contribution in [0.15, 0.2) is 73.3 Å². The first-order valence-electron chi connectivity index (χ1n) is 11.4. The minimum Gasteiger partial charge on any atom is -0.323 e. The molecule has 178 valence electrons. The van der Waals surface area contributed by atoms with Crippen LogP contribution in [0.1, 0.15) is 28.5 Å². The minimum absolute atomic E-state index is 0.236. The van der Waals surface area contributed by atoms with Crippen LogP contribution in [0.25, 0.3) is 11.3 Å². The van der Waals surface area contributed by atoms with E-state index < -0.39 is 0 Å². The normalized spacial score (nSPS) is 11.8. The van der Waals surface area contributed by atoms with Crippen molar-refractivity contribution in [3.8, 4) is 11.3 Å². The first-order chi connectivity index (χ1) is 16.9. The molecule has 3 heterocycles. The number of anilines is 3. The Hall–Kier alpha value is -4.17. The molecule has 1 unspecified atom stereocenters. The van der Waals surface area contributed by atoms with Gasteiger partial charge in [0.2, 0.25) is 5.95 Å². The summed E-state index contributed by atoms with van der Waals surface area (Å²) < 4.78 is 0. The summed E-state index contributed by atoms with van der Waals surface area (Å²) in [5.74, 6) is 0.177. The summed E-state index contributed by atoms with van der Waals surface area (Å²) in [6, 6.07) is 15.8. The Morgan fingerprint density at radius 3 is 2.54 bits per heavy atom. The molecule has 4 aromatic rings. The average molecular weight is 468 g/mol. The number of hydrogen-bond acceptors (Lipinski definition) is 7. The van der Waals surface area contributed by atoms with Crippen LogP contribution in [0.3, 0.4) is 0 Å². The van der Waals surface area contributed by atoms with Crippen LogP contribution in [0.4, 0.5) is 17.3 Å². The quantitative estimate of drug-likeness (QED) is 0.387. The van der Waals surface area contributed by atoms with Crippen LogP contribution < -0.4 is 10.6 Å². The number of benzene rings is 1. The first kappa shape index (κ1) is 24.0. The molecule has 3 aromatic heterocycles. The largest absolute Gasteiger partial charge is 0.323 e. The molecule has 0 radical (unpaired) electrons. The highest BCUT2D eigenvalue weighted by molar-refractivity contribution is 6.04. The summed E-state index contributed by atoms with van der Waals surface area (Å²) in [5, 5.41) is 6.13. The second-order valence-corrected chi connectivity index (χ2v) is 8.66. The molecule has 1 aromatic carbocycles. The third-order valence-corrected chi connectivity index (χ3v) is 5.83. The lowest BCUT2D eigenvalue weighted by Crippen LogP contribution is -2.26. The molecule has 0 fully saturated rings. The third kappa shape index (κ3) is 6.24. The number of carbonyl (C=O) groups is 1. The van der Waals surface area contributed by atoms with Crippen LogP contribution in [-0.4, -0.2) is 50.9 Å². The lowest BCUT2D eigenvalue weighted by molar-refractivity contribution is 0.102. The van der Waals surface area contributed by atoms with Gasteiger partial charge >= 0.3 is 0 Å². The van der Waals surface area contributed by atoms with Crippen molar-refractivity contribution >= 4 is 23.2 Å². The van der Waals surface area contributed by atoms with E-state index in [2.05, 4.69) is 56.5 Å². The third-order valence-electron chi connectivity index (χ3n) is 5.83. The zero-order valence-corrected chi connectivity index (χ0v) is 20.4. The van der Waals surface area contributed by atoms with Gasteiger partial charge in [-0.2, -0.15) is 0 Å². The summed E-state index contributed by atoms with van der Waals surface area (Å²) in [6.45, 7) is 4.05. The molecule has 0 saturated heterocycles. The topological polar surface area (TPSA) is 95.9 Å². The molecule has 1 atom stereocenters. The molecule has 0 aliphatic rings. The van der Waals surface area contributed by atoms with Crippen molar-refractivity contribution in [2.24, 2.45) is 0 Å². The molecule has 35 heavy (non-hydrogen) atoms. The van der Waals surface area contributed by atoms with Crippen LogP contribution in [-0.2, 0) is 6.42 Å². The lowest BCUT2D eigenvalue weighted by atomic mass is 10.1. The Balaban J connectivity index is 1.46. The van der Waals surface area contributed by atoms with Crippen LogP contribution >= 0.6 is 0 Å². The van der Waals surface area contributed by atoms with E-state index in [0.717, 1.165) is 29.1 Å². The summed E-state index contributed by atoms with van der Waals surface area (Å²) in [5.41, 5.74) is 5.43. The van der Waals surface area contributed by atoms with Crippen molar-refractivity contribution in [1.29, 1.82) is 0 Å². The van der Waals surface area contributed by atoms with Crippen molar-refractivity contribution in [2.75, 3.05) is 24.7 Å². The maximum Gasteiger partial charge on any atom is 0.257 e. The van der Waals surface area contributed by atoms with Gasteiger partial charge in [-0.25, -0.2) is 9.97 Å². The van der Waals surface area contributed by atoms with Crippen LogP contribution in [0, 0.1) is 6.92 Å². The van der Waals surface area contributed by atoms with Gasteiger partial charge in [0, 0.05) is 42.1 Å². The van der Waals surface area contributed by atoms with Crippen LogP contribution in [0.5, 0.6) is 0 Å². The monoisotopic (exact) mass is 467 g/mol. The highest BCUT2D eigenvalue weighted by Gasteiger charge is 2.12. The number of rotatable bonds is 8.